The van der Waals surface area contributed by atoms with Crippen molar-refractivity contribution in [3.05, 3.63) is 22.9 Å². The Balaban J connectivity index is 1.64. The summed E-state index contributed by atoms with van der Waals surface area (Å²) in [6.07, 6.45) is 4.69. The van der Waals surface area contributed by atoms with Gasteiger partial charge in [-0.25, -0.2) is 9.97 Å². The van der Waals surface area contributed by atoms with Gasteiger partial charge in [0.05, 0.1) is 17.0 Å². The van der Waals surface area contributed by atoms with Crippen LogP contribution in [0.4, 0.5) is 10.7 Å². The van der Waals surface area contributed by atoms with Crippen LogP contribution in [-0.2, 0) is 9.59 Å². The first-order valence-electron chi connectivity index (χ1n) is 8.22. The highest BCUT2D eigenvalue weighted by atomic mass is 32.2. The van der Waals surface area contributed by atoms with Crippen molar-refractivity contribution in [3.8, 4) is 0 Å². The van der Waals surface area contributed by atoms with Crippen LogP contribution in [0.1, 0.15) is 25.0 Å². The molecular formula is C16H19N5O4S. The Morgan fingerprint density at radius 3 is 2.81 bits per heavy atom. The van der Waals surface area contributed by atoms with E-state index in [0.29, 0.717) is 29.6 Å². The molecule has 1 unspecified atom stereocenters. The molecule has 9 nitrogen and oxygen atoms in total. The smallest absolute Gasteiger partial charge is 0.304 e. The summed E-state index contributed by atoms with van der Waals surface area (Å²) in [5.74, 6) is -0.596. The maximum Gasteiger partial charge on any atom is 0.304 e. The number of thioether (sulfide) groups is 1. The third kappa shape index (κ3) is 4.38. The number of carbonyl (C=O) groups excluding carboxylic acids is 2. The van der Waals surface area contributed by atoms with Gasteiger partial charge < -0.3 is 15.7 Å². The Hall–Kier alpha value is -2.46. The zero-order valence-electron chi connectivity index (χ0n) is 13.9. The lowest BCUT2D eigenvalue weighted by molar-refractivity contribution is -0.137. The summed E-state index contributed by atoms with van der Waals surface area (Å²) >= 11 is 0.844. The predicted molar refractivity (Wildman–Crippen MR) is 96.3 cm³/mol. The van der Waals surface area contributed by atoms with E-state index >= 15 is 0 Å². The van der Waals surface area contributed by atoms with E-state index in [-0.39, 0.29) is 18.4 Å². The average molecular weight is 377 g/mol. The zero-order valence-corrected chi connectivity index (χ0v) is 14.7. The van der Waals surface area contributed by atoms with Gasteiger partial charge in [0.2, 0.25) is 5.95 Å². The minimum absolute atomic E-state index is 0.0251. The molecule has 1 atom stereocenters. The van der Waals surface area contributed by atoms with E-state index < -0.39 is 17.1 Å². The van der Waals surface area contributed by atoms with Crippen LogP contribution in [-0.4, -0.2) is 51.3 Å². The maximum atomic E-state index is 11.6. The molecule has 26 heavy (non-hydrogen) atoms. The number of carboxylic acids is 1. The fourth-order valence-corrected chi connectivity index (χ4v) is 3.71. The van der Waals surface area contributed by atoms with Crippen molar-refractivity contribution in [1.29, 1.82) is 0 Å². The quantitative estimate of drug-likeness (QED) is 0.636. The summed E-state index contributed by atoms with van der Waals surface area (Å²) in [4.78, 5) is 44.7. The Kier molecular flexibility index (Phi) is 5.52. The van der Waals surface area contributed by atoms with Gasteiger partial charge in [-0.2, -0.15) is 0 Å². The zero-order chi connectivity index (χ0) is 18.7. The highest BCUT2D eigenvalue weighted by Crippen LogP contribution is 2.26. The fraction of sp³-hybridized carbons (Fsp3) is 0.438. The lowest BCUT2D eigenvalue weighted by Crippen LogP contribution is -2.42. The molecule has 0 spiro atoms. The lowest BCUT2D eigenvalue weighted by atomic mass is 9.88. The molecule has 2 amide bonds. The first-order chi connectivity index (χ1) is 12.4. The predicted octanol–water partition coefficient (Wildman–Crippen LogP) is 0.819. The number of carbonyl (C=O) groups is 3. The van der Waals surface area contributed by atoms with Crippen molar-refractivity contribution in [2.24, 2.45) is 11.7 Å². The molecule has 10 heteroatoms. The monoisotopic (exact) mass is 377 g/mol. The van der Waals surface area contributed by atoms with Crippen LogP contribution >= 0.6 is 11.8 Å². The van der Waals surface area contributed by atoms with Crippen molar-refractivity contribution < 1.29 is 19.5 Å². The van der Waals surface area contributed by atoms with Crippen molar-refractivity contribution in [1.82, 2.24) is 15.3 Å². The Bertz CT molecular complexity index is 761. The van der Waals surface area contributed by atoms with Crippen LogP contribution in [0, 0.1) is 5.92 Å². The number of anilines is 1. The van der Waals surface area contributed by atoms with Crippen LogP contribution in [0.5, 0.6) is 0 Å². The third-order valence-electron chi connectivity index (χ3n) is 4.42. The summed E-state index contributed by atoms with van der Waals surface area (Å²) in [5, 5.41) is 10.7. The maximum absolute atomic E-state index is 11.6. The molecular weight excluding hydrogens is 358 g/mol. The van der Waals surface area contributed by atoms with Crippen molar-refractivity contribution in [2.45, 2.75) is 25.3 Å². The van der Waals surface area contributed by atoms with Gasteiger partial charge >= 0.3 is 5.97 Å². The summed E-state index contributed by atoms with van der Waals surface area (Å²) < 4.78 is 0. The number of nitrogens with two attached hydrogens (primary N) is 1. The highest BCUT2D eigenvalue weighted by molar-refractivity contribution is 8.18. The second kappa shape index (κ2) is 7.83. The Morgan fingerprint density at radius 2 is 2.19 bits per heavy atom. The van der Waals surface area contributed by atoms with E-state index in [0.717, 1.165) is 24.6 Å². The van der Waals surface area contributed by atoms with Gasteiger partial charge in [-0.05, 0) is 42.7 Å². The average Bonchev–Trinajstić information content (AvgIpc) is 2.92. The second-order valence-electron chi connectivity index (χ2n) is 6.22. The van der Waals surface area contributed by atoms with Crippen LogP contribution in [0.25, 0.3) is 6.08 Å². The number of aromatic nitrogens is 2. The van der Waals surface area contributed by atoms with E-state index in [9.17, 15) is 14.4 Å². The van der Waals surface area contributed by atoms with Gasteiger partial charge in [0.25, 0.3) is 11.1 Å². The highest BCUT2D eigenvalue weighted by Gasteiger charge is 2.27. The molecule has 0 aliphatic carbocycles. The van der Waals surface area contributed by atoms with E-state index in [1.807, 2.05) is 4.90 Å². The summed E-state index contributed by atoms with van der Waals surface area (Å²) in [6.45, 7) is 1.37. The number of carboxylic acid groups (broad SMARTS) is 1. The van der Waals surface area contributed by atoms with Gasteiger partial charge in [-0.3, -0.25) is 19.7 Å². The van der Waals surface area contributed by atoms with Crippen molar-refractivity contribution in [2.75, 3.05) is 18.0 Å². The topological polar surface area (TPSA) is 139 Å². The number of imide groups is 1. The van der Waals surface area contributed by atoms with Gasteiger partial charge in [0, 0.05) is 25.3 Å². The van der Waals surface area contributed by atoms with Crippen LogP contribution in [0.15, 0.2) is 17.2 Å². The molecule has 4 N–H and O–H groups in total. The molecule has 0 radical (unpaired) electrons. The first-order valence-corrected chi connectivity index (χ1v) is 9.04. The van der Waals surface area contributed by atoms with Crippen molar-refractivity contribution in [3.63, 3.8) is 0 Å². The van der Waals surface area contributed by atoms with Crippen LogP contribution in [0.2, 0.25) is 0 Å². The molecule has 1 aromatic rings. The molecule has 1 aromatic heterocycles. The van der Waals surface area contributed by atoms with Gasteiger partial charge in [0.15, 0.2) is 0 Å². The molecule has 2 saturated heterocycles. The normalized spacial score (nSPS) is 21.1. The van der Waals surface area contributed by atoms with E-state index in [2.05, 4.69) is 15.3 Å². The second-order valence-corrected chi connectivity index (χ2v) is 7.23. The Labute approximate surface area is 154 Å². The van der Waals surface area contributed by atoms with Gasteiger partial charge in [-0.15, -0.1) is 0 Å². The number of piperidine rings is 1. The number of hydrogen-bond acceptors (Lipinski definition) is 8. The first kappa shape index (κ1) is 18.3. The molecule has 2 fully saturated rings. The summed E-state index contributed by atoms with van der Waals surface area (Å²) in [7, 11) is 0. The molecule has 0 aromatic carbocycles. The SMILES string of the molecule is NC(CC(=O)O)C1CCN(c2nccc(/C=C3\SC(=O)NC3=O)n2)CC1. The minimum Gasteiger partial charge on any atom is -0.481 e. The summed E-state index contributed by atoms with van der Waals surface area (Å²) in [6, 6.07) is 1.32. The number of nitrogens with one attached hydrogen (secondary N) is 1. The molecule has 0 bridgehead atoms. The van der Waals surface area contributed by atoms with Crippen LogP contribution in [0.3, 0.4) is 0 Å². The molecule has 0 saturated carbocycles. The molecule has 2 aliphatic heterocycles. The van der Waals surface area contributed by atoms with Gasteiger partial charge in [0.1, 0.15) is 0 Å². The largest absolute Gasteiger partial charge is 0.481 e. The summed E-state index contributed by atoms with van der Waals surface area (Å²) in [5.41, 5.74) is 6.52. The van der Waals surface area contributed by atoms with E-state index in [1.165, 1.54) is 0 Å². The van der Waals surface area contributed by atoms with E-state index in [4.69, 9.17) is 10.8 Å². The number of aliphatic carboxylic acids is 1. The standard InChI is InChI=1S/C16H19N5O4S/c17-11(8-13(22)23)9-2-5-21(6-3-9)15-18-4-1-10(19-15)7-12-14(24)20-16(25)26-12/h1,4,7,9,11H,2-3,5-6,8,17H2,(H,22,23)(H,20,24,25)/b12-7-. The number of rotatable bonds is 5. The number of nitrogens with zero attached hydrogens (tertiary/aromatic N) is 3. The van der Waals surface area contributed by atoms with Crippen LogP contribution < -0.4 is 16.0 Å². The molecule has 2 aliphatic rings. The number of amides is 2. The van der Waals surface area contributed by atoms with Gasteiger partial charge in [-0.1, -0.05) is 0 Å². The Morgan fingerprint density at radius 1 is 1.46 bits per heavy atom. The van der Waals surface area contributed by atoms with Crippen molar-refractivity contribution >= 4 is 40.9 Å². The molecule has 138 valence electrons. The molecule has 3 heterocycles. The fourth-order valence-electron chi connectivity index (χ4n) is 3.05. The number of hydrogen-bond donors (Lipinski definition) is 3. The molecule has 3 rings (SSSR count). The lowest BCUT2D eigenvalue weighted by Gasteiger charge is -2.34. The minimum atomic E-state index is -0.878. The third-order valence-corrected chi connectivity index (χ3v) is 5.23. The van der Waals surface area contributed by atoms with E-state index in [1.54, 1.807) is 18.3 Å².